The number of hydrogen-bond donors (Lipinski definition) is 0. The lowest BCUT2D eigenvalue weighted by molar-refractivity contribution is -0.148. The van der Waals surface area contributed by atoms with E-state index in [-0.39, 0.29) is 30.2 Å². The van der Waals surface area contributed by atoms with Crippen molar-refractivity contribution in [1.82, 2.24) is 14.5 Å². The third-order valence-corrected chi connectivity index (χ3v) is 8.89. The molecule has 0 N–H and O–H groups in total. The molecule has 3 aromatic rings. The number of pyridine rings is 1. The normalized spacial score (nSPS) is 14.7. The second-order valence-corrected chi connectivity index (χ2v) is 17.4. The van der Waals surface area contributed by atoms with Crippen LogP contribution in [0.5, 0.6) is 5.88 Å². The van der Waals surface area contributed by atoms with E-state index in [1.165, 1.54) is 11.7 Å². The first-order valence-electron chi connectivity index (χ1n) is 12.9. The maximum absolute atomic E-state index is 13.5. The van der Waals surface area contributed by atoms with Gasteiger partial charge in [0.1, 0.15) is 24.6 Å². The van der Waals surface area contributed by atoms with Crippen LogP contribution < -0.4 is 4.74 Å². The molecule has 12 heteroatoms. The van der Waals surface area contributed by atoms with Crippen molar-refractivity contribution in [2.75, 3.05) is 20.3 Å². The summed E-state index contributed by atoms with van der Waals surface area (Å²) in [5, 5.41) is 0.244. The van der Waals surface area contributed by atoms with E-state index in [2.05, 4.69) is 29.6 Å². The molecule has 7 nitrogen and oxygen atoms in total. The first kappa shape index (κ1) is 30.1. The highest BCUT2D eigenvalue weighted by atomic mass is 35.5. The number of rotatable bonds is 11. The SMILES string of the molecule is COC(=O)C1(COc2cc(C)c(-c3ccc(-c4nc(C(F)(F)F)cn4COCC[Si](C)(C)C)c(Cl)c3)cn2)CC1. The van der Waals surface area contributed by atoms with Gasteiger partial charge < -0.3 is 18.8 Å². The van der Waals surface area contributed by atoms with Gasteiger partial charge in [-0.05, 0) is 49.1 Å². The zero-order valence-corrected chi connectivity index (χ0v) is 24.9. The molecule has 0 radical (unpaired) electrons. The number of carbonyl (C=O) groups is 1. The van der Waals surface area contributed by atoms with Crippen molar-refractivity contribution in [1.29, 1.82) is 0 Å². The van der Waals surface area contributed by atoms with Crippen LogP contribution in [0.1, 0.15) is 24.1 Å². The first-order valence-corrected chi connectivity index (χ1v) is 17.0. The number of hydrogen-bond acceptors (Lipinski definition) is 6. The summed E-state index contributed by atoms with van der Waals surface area (Å²) in [6.45, 7) is 9.08. The lowest BCUT2D eigenvalue weighted by Gasteiger charge is -2.16. The molecule has 0 amide bonds. The van der Waals surface area contributed by atoms with E-state index < -0.39 is 25.4 Å². The number of aromatic nitrogens is 3. The molecular weight excluding hydrogens is 563 g/mol. The molecule has 1 fully saturated rings. The molecule has 4 rings (SSSR count). The summed E-state index contributed by atoms with van der Waals surface area (Å²) in [6.07, 6.45) is -0.577. The average Bonchev–Trinajstić information content (AvgIpc) is 3.55. The van der Waals surface area contributed by atoms with Crippen LogP contribution in [-0.4, -0.2) is 48.9 Å². The molecule has 0 atom stereocenters. The quantitative estimate of drug-likeness (QED) is 0.132. The Hall–Kier alpha value is -2.89. The van der Waals surface area contributed by atoms with Gasteiger partial charge in [0.2, 0.25) is 5.88 Å². The van der Waals surface area contributed by atoms with Crippen LogP contribution in [0.15, 0.2) is 36.7 Å². The van der Waals surface area contributed by atoms with Gasteiger partial charge in [-0.2, -0.15) is 13.2 Å². The highest BCUT2D eigenvalue weighted by Gasteiger charge is 2.52. The van der Waals surface area contributed by atoms with Gasteiger partial charge >= 0.3 is 12.1 Å². The van der Waals surface area contributed by atoms with Crippen molar-refractivity contribution in [3.8, 4) is 28.4 Å². The van der Waals surface area contributed by atoms with Crippen LogP contribution in [-0.2, 0) is 27.2 Å². The third kappa shape index (κ3) is 7.05. The number of esters is 1. The molecule has 216 valence electrons. The fourth-order valence-corrected chi connectivity index (χ4v) is 5.19. The Bertz CT molecular complexity index is 1380. The van der Waals surface area contributed by atoms with Gasteiger partial charge in [0.25, 0.3) is 0 Å². The number of imidazole rings is 1. The van der Waals surface area contributed by atoms with E-state index in [0.717, 1.165) is 41.8 Å². The Kier molecular flexibility index (Phi) is 8.67. The zero-order valence-electron chi connectivity index (χ0n) is 23.2. The first-order chi connectivity index (χ1) is 18.7. The molecule has 0 spiro atoms. The number of methoxy groups -OCH3 is 1. The molecule has 2 heterocycles. The fraction of sp³-hybridized carbons (Fsp3) is 0.464. The minimum absolute atomic E-state index is 0.0667. The van der Waals surface area contributed by atoms with Gasteiger partial charge in [-0.25, -0.2) is 9.97 Å². The lowest BCUT2D eigenvalue weighted by Crippen LogP contribution is -2.24. The summed E-state index contributed by atoms with van der Waals surface area (Å²) in [4.78, 5) is 20.2. The number of alkyl halides is 3. The van der Waals surface area contributed by atoms with E-state index in [0.29, 0.717) is 18.1 Å². The predicted molar refractivity (Wildman–Crippen MR) is 149 cm³/mol. The maximum atomic E-state index is 13.5. The van der Waals surface area contributed by atoms with Crippen molar-refractivity contribution in [2.45, 2.75) is 58.4 Å². The van der Waals surface area contributed by atoms with Gasteiger partial charge in [-0.1, -0.05) is 37.3 Å². The molecule has 2 aromatic heterocycles. The Morgan fingerprint density at radius 2 is 1.90 bits per heavy atom. The second-order valence-electron chi connectivity index (χ2n) is 11.4. The smallest absolute Gasteiger partial charge is 0.434 e. The lowest BCUT2D eigenvalue weighted by atomic mass is 10.0. The van der Waals surface area contributed by atoms with E-state index >= 15 is 0 Å². The molecule has 1 aliphatic rings. The summed E-state index contributed by atoms with van der Waals surface area (Å²) in [5.74, 6) is 0.182. The third-order valence-electron chi connectivity index (χ3n) is 6.87. The molecule has 0 unspecified atom stereocenters. The van der Waals surface area contributed by atoms with Crippen molar-refractivity contribution in [2.24, 2.45) is 5.41 Å². The van der Waals surface area contributed by atoms with Crippen LogP contribution in [0.25, 0.3) is 22.5 Å². The largest absolute Gasteiger partial charge is 0.476 e. The summed E-state index contributed by atoms with van der Waals surface area (Å²) >= 11 is 6.61. The van der Waals surface area contributed by atoms with Gasteiger partial charge in [0.05, 0.1) is 12.1 Å². The molecule has 1 saturated carbocycles. The monoisotopic (exact) mass is 595 g/mol. The van der Waals surface area contributed by atoms with E-state index in [1.807, 2.05) is 6.92 Å². The minimum atomic E-state index is -4.60. The van der Waals surface area contributed by atoms with E-state index in [9.17, 15) is 18.0 Å². The Morgan fingerprint density at radius 1 is 1.18 bits per heavy atom. The maximum Gasteiger partial charge on any atom is 0.434 e. The summed E-state index contributed by atoms with van der Waals surface area (Å²) in [7, 11) is 0.0101. The molecule has 0 bridgehead atoms. The fourth-order valence-electron chi connectivity index (χ4n) is 4.17. The Balaban J connectivity index is 1.54. The molecule has 0 aliphatic heterocycles. The van der Waals surface area contributed by atoms with Gasteiger partial charge in [-0.3, -0.25) is 4.79 Å². The summed E-state index contributed by atoms with van der Waals surface area (Å²) in [5.41, 5.74) is 1.13. The van der Waals surface area contributed by atoms with Crippen molar-refractivity contribution in [3.05, 3.63) is 52.9 Å². The number of halogens is 4. The molecule has 1 aromatic carbocycles. The minimum Gasteiger partial charge on any atom is -0.476 e. The number of benzene rings is 1. The van der Waals surface area contributed by atoms with Crippen LogP contribution in [0, 0.1) is 12.3 Å². The molecule has 0 saturated heterocycles. The number of carbonyl (C=O) groups excluding carboxylic acids is 1. The Morgan fingerprint density at radius 3 is 2.48 bits per heavy atom. The van der Waals surface area contributed by atoms with E-state index in [4.69, 9.17) is 25.8 Å². The average molecular weight is 596 g/mol. The van der Waals surface area contributed by atoms with Crippen LogP contribution in [0.4, 0.5) is 13.2 Å². The van der Waals surface area contributed by atoms with Crippen LogP contribution in [0.2, 0.25) is 30.7 Å². The Labute approximate surface area is 237 Å². The zero-order chi connectivity index (χ0) is 29.3. The van der Waals surface area contributed by atoms with Crippen LogP contribution >= 0.6 is 11.6 Å². The van der Waals surface area contributed by atoms with E-state index in [1.54, 1.807) is 30.5 Å². The van der Waals surface area contributed by atoms with Crippen LogP contribution in [0.3, 0.4) is 0 Å². The highest BCUT2D eigenvalue weighted by Crippen LogP contribution is 2.47. The number of aryl methyl sites for hydroxylation is 1. The molecule has 1 aliphatic carbocycles. The number of nitrogens with zero attached hydrogens (tertiary/aromatic N) is 3. The van der Waals surface area contributed by atoms with Gasteiger partial charge in [0, 0.05) is 44.3 Å². The second kappa shape index (κ2) is 11.5. The molecular formula is C28H33ClF3N3O4Si. The van der Waals surface area contributed by atoms with Crippen molar-refractivity contribution in [3.63, 3.8) is 0 Å². The summed E-state index contributed by atoms with van der Waals surface area (Å²) < 4.78 is 58.2. The topological polar surface area (TPSA) is 75.5 Å². The van der Waals surface area contributed by atoms with Gasteiger partial charge in [-0.15, -0.1) is 0 Å². The summed E-state index contributed by atoms with van der Waals surface area (Å²) in [6, 6.07) is 7.75. The van der Waals surface area contributed by atoms with Crippen molar-refractivity contribution < 1.29 is 32.2 Å². The standard InChI is InChI=1S/C28H33ClF3N3O4Si/c1-18-12-24(39-16-27(8-9-27)26(36)37-2)33-14-21(18)19-6-7-20(22(29)13-19)25-34-23(28(30,31)32)15-35(25)17-38-10-11-40(3,4)5/h6-7,12-15H,8-11,16-17H2,1-5H3. The van der Waals surface area contributed by atoms with Crippen molar-refractivity contribution >= 4 is 25.6 Å². The number of ether oxygens (including phenoxy) is 3. The highest BCUT2D eigenvalue weighted by molar-refractivity contribution is 6.76. The van der Waals surface area contributed by atoms with Gasteiger partial charge in [0.15, 0.2) is 5.69 Å². The molecule has 40 heavy (non-hydrogen) atoms. The predicted octanol–water partition coefficient (Wildman–Crippen LogP) is 7.24.